The number of hydrogen-bond acceptors (Lipinski definition) is 4. The Balaban J connectivity index is 1.64. The Hall–Kier alpha value is -2.06. The van der Waals surface area contributed by atoms with E-state index in [1.54, 1.807) is 12.3 Å². The van der Waals surface area contributed by atoms with Gasteiger partial charge in [0.1, 0.15) is 17.7 Å². The summed E-state index contributed by atoms with van der Waals surface area (Å²) in [6.45, 7) is 2.41. The van der Waals surface area contributed by atoms with Gasteiger partial charge in [0.2, 0.25) is 15.9 Å². The van der Waals surface area contributed by atoms with E-state index in [4.69, 9.17) is 4.74 Å². The summed E-state index contributed by atoms with van der Waals surface area (Å²) in [6.07, 6.45) is 1.91. The van der Waals surface area contributed by atoms with Crippen LogP contribution in [-0.2, 0) is 15.8 Å². The molecule has 0 spiro atoms. The topological polar surface area (TPSA) is 59.5 Å². The van der Waals surface area contributed by atoms with Crippen LogP contribution in [-0.4, -0.2) is 36.9 Å². The number of benzene rings is 1. The first-order valence-electron chi connectivity index (χ1n) is 7.84. The van der Waals surface area contributed by atoms with Crippen LogP contribution in [0.2, 0.25) is 0 Å². The van der Waals surface area contributed by atoms with E-state index in [0.29, 0.717) is 24.9 Å². The summed E-state index contributed by atoms with van der Waals surface area (Å²) >= 11 is 0. The van der Waals surface area contributed by atoms with Crippen molar-refractivity contribution in [2.24, 2.45) is 0 Å². The third-order valence-electron chi connectivity index (χ3n) is 3.94. The van der Waals surface area contributed by atoms with Crippen LogP contribution in [0, 0.1) is 18.6 Å². The summed E-state index contributed by atoms with van der Waals surface area (Å²) in [5, 5.41) is 0. The van der Waals surface area contributed by atoms with Gasteiger partial charge < -0.3 is 4.74 Å². The van der Waals surface area contributed by atoms with E-state index in [9.17, 15) is 17.2 Å². The summed E-state index contributed by atoms with van der Waals surface area (Å²) in [5.41, 5.74) is 1.09. The fourth-order valence-corrected chi connectivity index (χ4v) is 4.28. The number of halogens is 2. The normalized spacial score (nSPS) is 18.4. The Bertz CT molecular complexity index is 836. The quantitative estimate of drug-likeness (QED) is 0.814. The average molecular weight is 368 g/mol. The average Bonchev–Trinajstić information content (AvgIpc) is 2.97. The van der Waals surface area contributed by atoms with Crippen molar-refractivity contribution in [3.8, 4) is 5.88 Å². The minimum atomic E-state index is -3.68. The van der Waals surface area contributed by atoms with Gasteiger partial charge in [0.15, 0.2) is 0 Å². The molecule has 3 rings (SSSR count). The SMILES string of the molecule is Cc1ccc(OC2CCN(S(=O)(=O)Cc3cc(F)cc(F)c3)C2)nc1. The molecule has 1 unspecified atom stereocenters. The van der Waals surface area contributed by atoms with Gasteiger partial charge in [-0.3, -0.25) is 0 Å². The molecule has 0 saturated carbocycles. The first-order chi connectivity index (χ1) is 11.8. The molecule has 5 nitrogen and oxygen atoms in total. The predicted molar refractivity (Wildman–Crippen MR) is 88.6 cm³/mol. The maximum atomic E-state index is 13.2. The Morgan fingerprint density at radius 1 is 1.24 bits per heavy atom. The monoisotopic (exact) mass is 368 g/mol. The van der Waals surface area contributed by atoms with E-state index in [1.165, 1.54) is 4.31 Å². The maximum Gasteiger partial charge on any atom is 0.218 e. The number of hydrogen-bond donors (Lipinski definition) is 0. The van der Waals surface area contributed by atoms with Crippen LogP contribution in [0.25, 0.3) is 0 Å². The van der Waals surface area contributed by atoms with E-state index in [-0.39, 0.29) is 18.2 Å². The van der Waals surface area contributed by atoms with Crippen molar-refractivity contribution in [1.82, 2.24) is 9.29 Å². The number of ether oxygens (including phenoxy) is 1. The van der Waals surface area contributed by atoms with Crippen molar-refractivity contribution >= 4 is 10.0 Å². The molecule has 0 radical (unpaired) electrons. The number of nitrogens with zero attached hydrogens (tertiary/aromatic N) is 2. The Labute approximate surface area is 145 Å². The minimum absolute atomic E-state index is 0.0852. The molecule has 0 aliphatic carbocycles. The van der Waals surface area contributed by atoms with E-state index < -0.39 is 27.4 Å². The molecule has 1 aliphatic rings. The number of aryl methyl sites for hydroxylation is 1. The molecule has 1 aliphatic heterocycles. The smallest absolute Gasteiger partial charge is 0.218 e. The van der Waals surface area contributed by atoms with E-state index in [2.05, 4.69) is 4.98 Å². The fourth-order valence-electron chi connectivity index (χ4n) is 2.74. The number of aromatic nitrogens is 1. The Kier molecular flexibility index (Phi) is 5.01. The second-order valence-electron chi connectivity index (χ2n) is 6.09. The Morgan fingerprint density at radius 3 is 2.60 bits per heavy atom. The zero-order chi connectivity index (χ0) is 18.0. The van der Waals surface area contributed by atoms with Gasteiger partial charge in [-0.05, 0) is 36.6 Å². The molecule has 25 heavy (non-hydrogen) atoms. The summed E-state index contributed by atoms with van der Waals surface area (Å²) in [5.74, 6) is -1.59. The van der Waals surface area contributed by atoms with Gasteiger partial charge in [0.25, 0.3) is 0 Å². The van der Waals surface area contributed by atoms with Crippen LogP contribution in [0.5, 0.6) is 5.88 Å². The maximum absolute atomic E-state index is 13.2. The summed E-state index contributed by atoms with van der Waals surface area (Å²) in [7, 11) is -3.68. The molecular formula is C17H18F2N2O3S. The highest BCUT2D eigenvalue weighted by molar-refractivity contribution is 7.88. The first kappa shape index (κ1) is 17.8. The van der Waals surface area contributed by atoms with Crippen molar-refractivity contribution in [3.63, 3.8) is 0 Å². The molecule has 0 N–H and O–H groups in total. The van der Waals surface area contributed by atoms with Crippen LogP contribution in [0.4, 0.5) is 8.78 Å². The molecular weight excluding hydrogens is 350 g/mol. The molecule has 1 saturated heterocycles. The van der Waals surface area contributed by atoms with Crippen molar-refractivity contribution in [3.05, 3.63) is 59.3 Å². The van der Waals surface area contributed by atoms with Crippen LogP contribution in [0.3, 0.4) is 0 Å². The molecule has 8 heteroatoms. The van der Waals surface area contributed by atoms with Gasteiger partial charge in [-0.15, -0.1) is 0 Å². The molecule has 134 valence electrons. The lowest BCUT2D eigenvalue weighted by Gasteiger charge is -2.17. The van der Waals surface area contributed by atoms with Gasteiger partial charge in [-0.2, -0.15) is 4.31 Å². The molecule has 1 atom stereocenters. The molecule has 0 amide bonds. The van der Waals surface area contributed by atoms with Crippen molar-refractivity contribution < 1.29 is 21.9 Å². The van der Waals surface area contributed by atoms with Crippen LogP contribution in [0.15, 0.2) is 36.5 Å². The molecule has 0 bridgehead atoms. The fraction of sp³-hybridized carbons (Fsp3) is 0.353. The molecule has 1 aromatic carbocycles. The number of pyridine rings is 1. The summed E-state index contributed by atoms with van der Waals surface area (Å²) in [6, 6.07) is 6.37. The van der Waals surface area contributed by atoms with Crippen molar-refractivity contribution in [2.75, 3.05) is 13.1 Å². The lowest BCUT2D eigenvalue weighted by atomic mass is 10.2. The van der Waals surface area contributed by atoms with E-state index >= 15 is 0 Å². The van der Waals surface area contributed by atoms with Gasteiger partial charge in [0, 0.05) is 24.9 Å². The predicted octanol–water partition coefficient (Wildman–Crippen LogP) is 2.65. The third kappa shape index (κ3) is 4.52. The zero-order valence-electron chi connectivity index (χ0n) is 13.7. The Morgan fingerprint density at radius 2 is 1.96 bits per heavy atom. The molecule has 1 fully saturated rings. The summed E-state index contributed by atoms with van der Waals surface area (Å²) in [4.78, 5) is 4.14. The van der Waals surface area contributed by atoms with Gasteiger partial charge in [0.05, 0.1) is 12.3 Å². The van der Waals surface area contributed by atoms with Crippen LogP contribution < -0.4 is 4.74 Å². The van der Waals surface area contributed by atoms with Crippen LogP contribution >= 0.6 is 0 Å². The first-order valence-corrected chi connectivity index (χ1v) is 9.45. The second-order valence-corrected chi connectivity index (χ2v) is 8.06. The lowest BCUT2D eigenvalue weighted by molar-refractivity contribution is 0.207. The van der Waals surface area contributed by atoms with Crippen molar-refractivity contribution in [2.45, 2.75) is 25.2 Å². The molecule has 1 aromatic heterocycles. The van der Waals surface area contributed by atoms with E-state index in [0.717, 1.165) is 17.7 Å². The van der Waals surface area contributed by atoms with Gasteiger partial charge >= 0.3 is 0 Å². The highest BCUT2D eigenvalue weighted by Crippen LogP contribution is 2.22. The summed E-state index contributed by atoms with van der Waals surface area (Å²) < 4.78 is 58.4. The molecule has 2 aromatic rings. The van der Waals surface area contributed by atoms with E-state index in [1.807, 2.05) is 13.0 Å². The second kappa shape index (κ2) is 7.05. The number of rotatable bonds is 5. The number of sulfonamides is 1. The largest absolute Gasteiger partial charge is 0.473 e. The van der Waals surface area contributed by atoms with Crippen molar-refractivity contribution in [1.29, 1.82) is 0 Å². The molecule has 2 heterocycles. The minimum Gasteiger partial charge on any atom is -0.473 e. The zero-order valence-corrected chi connectivity index (χ0v) is 14.5. The standard InChI is InChI=1S/C17H18F2N2O3S/c1-12-2-3-17(20-9-12)24-16-4-5-21(10-16)25(22,23)11-13-6-14(18)8-15(19)7-13/h2-3,6-9,16H,4-5,10-11H2,1H3. The van der Waals surface area contributed by atoms with Crippen LogP contribution in [0.1, 0.15) is 17.5 Å². The van der Waals surface area contributed by atoms with Gasteiger partial charge in [-0.1, -0.05) is 6.07 Å². The highest BCUT2D eigenvalue weighted by Gasteiger charge is 2.33. The highest BCUT2D eigenvalue weighted by atomic mass is 32.2. The third-order valence-corrected chi connectivity index (χ3v) is 5.76. The van der Waals surface area contributed by atoms with Gasteiger partial charge in [-0.25, -0.2) is 22.2 Å². The lowest BCUT2D eigenvalue weighted by Crippen LogP contribution is -2.32.